The molecule has 0 radical (unpaired) electrons. The molecule has 0 amide bonds. The van der Waals surface area contributed by atoms with Crippen molar-refractivity contribution >= 4 is 11.3 Å². The molecule has 80 valence electrons. The van der Waals surface area contributed by atoms with Crippen LogP contribution in [-0.2, 0) is 6.54 Å². The topological polar surface area (TPSA) is 45.2 Å². The number of aliphatic hydroxyl groups is 1. The first kappa shape index (κ1) is 11.6. The average Bonchev–Trinajstić information content (AvgIpc) is 2.48. The molecule has 1 aromatic heterocycles. The van der Waals surface area contributed by atoms with Crippen molar-refractivity contribution in [1.82, 2.24) is 10.3 Å². The zero-order valence-electron chi connectivity index (χ0n) is 9.16. The lowest BCUT2D eigenvalue weighted by Gasteiger charge is -2.29. The van der Waals surface area contributed by atoms with Gasteiger partial charge in [0, 0.05) is 23.2 Å². The van der Waals surface area contributed by atoms with Crippen LogP contribution in [0.4, 0.5) is 0 Å². The summed E-state index contributed by atoms with van der Waals surface area (Å²) in [5, 5.41) is 13.9. The number of nitrogens with zero attached hydrogens (tertiary/aromatic N) is 1. The third-order valence-electron chi connectivity index (χ3n) is 2.43. The molecule has 1 heterocycles. The van der Waals surface area contributed by atoms with Crippen LogP contribution in [0.25, 0.3) is 0 Å². The molecule has 1 atom stereocenters. The Labute approximate surface area is 89.2 Å². The van der Waals surface area contributed by atoms with E-state index in [-0.39, 0.29) is 11.6 Å². The molecule has 14 heavy (non-hydrogen) atoms. The lowest BCUT2D eigenvalue weighted by molar-refractivity contribution is 0.0958. The van der Waals surface area contributed by atoms with Gasteiger partial charge in [0.05, 0.1) is 11.1 Å². The summed E-state index contributed by atoms with van der Waals surface area (Å²) < 4.78 is 0. The summed E-state index contributed by atoms with van der Waals surface area (Å²) in [5.74, 6) is 0. The molecule has 0 bridgehead atoms. The Hall–Kier alpha value is -0.450. The molecule has 0 spiro atoms. The minimum absolute atomic E-state index is 0.252. The van der Waals surface area contributed by atoms with Crippen molar-refractivity contribution in [2.75, 3.05) is 0 Å². The van der Waals surface area contributed by atoms with E-state index < -0.39 is 0 Å². The Balaban J connectivity index is 2.48. The molecule has 3 nitrogen and oxygen atoms in total. The van der Waals surface area contributed by atoms with Gasteiger partial charge in [-0.3, -0.25) is 0 Å². The highest BCUT2D eigenvalue weighted by molar-refractivity contribution is 7.11. The van der Waals surface area contributed by atoms with Crippen molar-refractivity contribution in [3.8, 4) is 0 Å². The van der Waals surface area contributed by atoms with Crippen LogP contribution in [0.3, 0.4) is 0 Å². The Morgan fingerprint density at radius 1 is 1.64 bits per heavy atom. The van der Waals surface area contributed by atoms with Crippen LogP contribution in [0.15, 0.2) is 6.20 Å². The van der Waals surface area contributed by atoms with Gasteiger partial charge in [0.2, 0.25) is 0 Å². The molecule has 4 heteroatoms. The zero-order chi connectivity index (χ0) is 10.8. The molecule has 0 saturated carbocycles. The van der Waals surface area contributed by atoms with E-state index in [9.17, 15) is 5.11 Å². The van der Waals surface area contributed by atoms with Crippen LogP contribution >= 0.6 is 11.3 Å². The van der Waals surface area contributed by atoms with Crippen molar-refractivity contribution in [2.45, 2.75) is 45.9 Å². The second-order valence-electron chi connectivity index (χ2n) is 4.10. The highest BCUT2D eigenvalue weighted by Crippen LogP contribution is 2.14. The smallest absolute Gasteiger partial charge is 0.0897 e. The maximum atomic E-state index is 9.49. The Morgan fingerprint density at radius 3 is 2.71 bits per heavy atom. The summed E-state index contributed by atoms with van der Waals surface area (Å²) in [5.41, 5.74) is -0.252. The minimum atomic E-state index is -0.364. The summed E-state index contributed by atoms with van der Waals surface area (Å²) in [6, 6.07) is 0. The number of aryl methyl sites for hydroxylation is 1. The quantitative estimate of drug-likeness (QED) is 0.802. The van der Waals surface area contributed by atoms with E-state index in [1.807, 2.05) is 27.0 Å². The predicted octanol–water partition coefficient (Wildman–Crippen LogP) is 1.70. The molecule has 1 unspecified atom stereocenters. The summed E-state index contributed by atoms with van der Waals surface area (Å²) in [7, 11) is 0. The third kappa shape index (κ3) is 3.04. The number of hydrogen-bond donors (Lipinski definition) is 2. The number of aromatic nitrogens is 1. The first-order valence-electron chi connectivity index (χ1n) is 4.76. The normalized spacial score (nSPS) is 14.4. The van der Waals surface area contributed by atoms with Crippen molar-refractivity contribution in [1.29, 1.82) is 0 Å². The number of aliphatic hydroxyl groups excluding tert-OH is 1. The van der Waals surface area contributed by atoms with Crippen molar-refractivity contribution in [3.63, 3.8) is 0 Å². The van der Waals surface area contributed by atoms with E-state index in [4.69, 9.17) is 0 Å². The molecule has 1 aromatic rings. The van der Waals surface area contributed by atoms with E-state index in [0.29, 0.717) is 0 Å². The number of nitrogens with one attached hydrogen (secondary N) is 1. The fourth-order valence-electron chi connectivity index (χ4n) is 0.950. The van der Waals surface area contributed by atoms with Gasteiger partial charge in [-0.1, -0.05) is 0 Å². The monoisotopic (exact) mass is 214 g/mol. The maximum Gasteiger partial charge on any atom is 0.0897 e. The van der Waals surface area contributed by atoms with E-state index in [0.717, 1.165) is 11.6 Å². The van der Waals surface area contributed by atoms with Crippen molar-refractivity contribution in [3.05, 3.63) is 16.1 Å². The van der Waals surface area contributed by atoms with Gasteiger partial charge in [0.15, 0.2) is 0 Å². The van der Waals surface area contributed by atoms with Gasteiger partial charge in [0.1, 0.15) is 0 Å². The molecular weight excluding hydrogens is 196 g/mol. The fraction of sp³-hybridized carbons (Fsp3) is 0.700. The summed E-state index contributed by atoms with van der Waals surface area (Å²) in [6.45, 7) is 8.54. The Bertz CT molecular complexity index is 294. The van der Waals surface area contributed by atoms with Gasteiger partial charge in [-0.05, 0) is 27.7 Å². The van der Waals surface area contributed by atoms with Crippen molar-refractivity contribution in [2.24, 2.45) is 0 Å². The zero-order valence-corrected chi connectivity index (χ0v) is 9.98. The van der Waals surface area contributed by atoms with Crippen LogP contribution < -0.4 is 5.32 Å². The van der Waals surface area contributed by atoms with Crippen LogP contribution in [0.5, 0.6) is 0 Å². The van der Waals surface area contributed by atoms with Crippen LogP contribution in [0, 0.1) is 6.92 Å². The molecular formula is C10H18N2OS. The number of thiazole rings is 1. The Kier molecular flexibility index (Phi) is 3.64. The van der Waals surface area contributed by atoms with E-state index in [1.54, 1.807) is 18.3 Å². The summed E-state index contributed by atoms with van der Waals surface area (Å²) >= 11 is 1.68. The van der Waals surface area contributed by atoms with Gasteiger partial charge in [-0.25, -0.2) is 4.98 Å². The van der Waals surface area contributed by atoms with Gasteiger partial charge < -0.3 is 10.4 Å². The van der Waals surface area contributed by atoms with Crippen LogP contribution in [0.2, 0.25) is 0 Å². The molecule has 0 saturated heterocycles. The standard InChI is InChI=1S/C10H18N2OS/c1-7(13)10(3,4)12-6-9-5-11-8(2)14-9/h5,7,12-13H,6H2,1-4H3. The first-order valence-corrected chi connectivity index (χ1v) is 5.58. The third-order valence-corrected chi connectivity index (χ3v) is 3.34. The fourth-order valence-corrected chi connectivity index (χ4v) is 1.68. The predicted molar refractivity (Wildman–Crippen MR) is 59.5 cm³/mol. The largest absolute Gasteiger partial charge is 0.392 e. The van der Waals surface area contributed by atoms with Crippen molar-refractivity contribution < 1.29 is 5.11 Å². The molecule has 1 rings (SSSR count). The average molecular weight is 214 g/mol. The SMILES string of the molecule is Cc1ncc(CNC(C)(C)C(C)O)s1. The number of hydrogen-bond acceptors (Lipinski definition) is 4. The van der Waals surface area contributed by atoms with Crippen LogP contribution in [0.1, 0.15) is 30.7 Å². The first-order chi connectivity index (χ1) is 6.42. The number of rotatable bonds is 4. The van der Waals surface area contributed by atoms with Gasteiger partial charge in [-0.2, -0.15) is 0 Å². The molecule has 0 aliphatic heterocycles. The van der Waals surface area contributed by atoms with E-state index >= 15 is 0 Å². The van der Waals surface area contributed by atoms with Crippen LogP contribution in [-0.4, -0.2) is 21.7 Å². The highest BCUT2D eigenvalue weighted by atomic mass is 32.1. The Morgan fingerprint density at radius 2 is 2.29 bits per heavy atom. The summed E-state index contributed by atoms with van der Waals surface area (Å²) in [6.07, 6.45) is 1.52. The second kappa shape index (κ2) is 4.38. The molecule has 2 N–H and O–H groups in total. The lowest BCUT2D eigenvalue weighted by atomic mass is 9.99. The second-order valence-corrected chi connectivity index (χ2v) is 5.42. The van der Waals surface area contributed by atoms with Gasteiger partial charge >= 0.3 is 0 Å². The molecule has 0 aliphatic rings. The van der Waals surface area contributed by atoms with Gasteiger partial charge in [-0.15, -0.1) is 11.3 Å². The molecule has 0 aliphatic carbocycles. The van der Waals surface area contributed by atoms with E-state index in [2.05, 4.69) is 10.3 Å². The lowest BCUT2D eigenvalue weighted by Crippen LogP contribution is -2.47. The van der Waals surface area contributed by atoms with Gasteiger partial charge in [0.25, 0.3) is 0 Å². The highest BCUT2D eigenvalue weighted by Gasteiger charge is 2.22. The molecule has 0 fully saturated rings. The summed E-state index contributed by atoms with van der Waals surface area (Å²) in [4.78, 5) is 5.38. The minimum Gasteiger partial charge on any atom is -0.392 e. The molecule has 0 aromatic carbocycles. The maximum absolute atomic E-state index is 9.49. The van der Waals surface area contributed by atoms with E-state index in [1.165, 1.54) is 4.88 Å².